The van der Waals surface area contributed by atoms with Crippen LogP contribution in [-0.2, 0) is 16.1 Å². The first-order valence-corrected chi connectivity index (χ1v) is 9.12. The van der Waals surface area contributed by atoms with Crippen molar-refractivity contribution in [3.63, 3.8) is 0 Å². The van der Waals surface area contributed by atoms with Crippen molar-refractivity contribution < 1.29 is 28.7 Å². The zero-order chi connectivity index (χ0) is 20.5. The van der Waals surface area contributed by atoms with Gasteiger partial charge in [-0.25, -0.2) is 0 Å². The van der Waals surface area contributed by atoms with E-state index in [1.807, 2.05) is 0 Å². The largest absolute Gasteiger partial charge is 0.468 e. The Morgan fingerprint density at radius 3 is 2.72 bits per heavy atom. The topological polar surface area (TPSA) is 122 Å². The molecule has 1 aliphatic heterocycles. The second-order valence-electron chi connectivity index (χ2n) is 5.91. The predicted octanol–water partition coefficient (Wildman–Crippen LogP) is 2.25. The number of hydrogen-bond acceptors (Lipinski definition) is 8. The first-order chi connectivity index (χ1) is 14.0. The third kappa shape index (κ3) is 3.43. The number of para-hydroxylation sites is 1. The van der Waals surface area contributed by atoms with Gasteiger partial charge in [0.2, 0.25) is 6.79 Å². The highest BCUT2D eigenvalue weighted by atomic mass is 32.1. The lowest BCUT2D eigenvalue weighted by Gasteiger charge is -2.04. The van der Waals surface area contributed by atoms with Gasteiger partial charge in [-0.2, -0.15) is 4.99 Å². The fourth-order valence-electron chi connectivity index (χ4n) is 2.85. The van der Waals surface area contributed by atoms with E-state index < -0.39 is 16.8 Å². The number of nitro benzene ring substituents is 1. The fraction of sp³-hybridized carbons (Fsp3) is 0.167. The van der Waals surface area contributed by atoms with Gasteiger partial charge in [0.1, 0.15) is 12.1 Å². The maximum absolute atomic E-state index is 12.7. The Labute approximate surface area is 166 Å². The summed E-state index contributed by atoms with van der Waals surface area (Å²) in [5, 5.41) is 11.2. The molecular formula is C18H13N3O7S. The van der Waals surface area contributed by atoms with Crippen molar-refractivity contribution in [2.24, 2.45) is 4.99 Å². The van der Waals surface area contributed by atoms with E-state index in [2.05, 4.69) is 4.99 Å². The second-order valence-corrected chi connectivity index (χ2v) is 6.92. The molecule has 4 rings (SSSR count). The van der Waals surface area contributed by atoms with E-state index in [0.717, 1.165) is 11.3 Å². The number of rotatable bonds is 4. The molecule has 0 saturated heterocycles. The van der Waals surface area contributed by atoms with Gasteiger partial charge in [0.15, 0.2) is 16.3 Å². The van der Waals surface area contributed by atoms with E-state index in [0.29, 0.717) is 21.7 Å². The van der Waals surface area contributed by atoms with Gasteiger partial charge in [0.05, 0.1) is 22.2 Å². The standard InChI is InChI=1S/C18H13N3O7S/c1-26-16(22)8-20-12-6-13-14(28-9-27-13)7-15(12)29-18(20)19-17(23)10-4-2-3-5-11(10)21(24)25/h2-7H,8-9H2,1H3. The number of fused-ring (bicyclic) bond motifs is 2. The number of benzene rings is 2. The summed E-state index contributed by atoms with van der Waals surface area (Å²) in [6.07, 6.45) is 0. The summed E-state index contributed by atoms with van der Waals surface area (Å²) in [5.41, 5.74) is 0.107. The average Bonchev–Trinajstić information content (AvgIpc) is 3.30. The molecule has 1 amide bonds. The van der Waals surface area contributed by atoms with E-state index in [1.54, 1.807) is 12.1 Å². The van der Waals surface area contributed by atoms with Crippen molar-refractivity contribution in [2.45, 2.75) is 6.54 Å². The van der Waals surface area contributed by atoms with Crippen LogP contribution in [0.2, 0.25) is 0 Å². The molecule has 0 unspecified atom stereocenters. The molecule has 0 saturated carbocycles. The molecule has 11 heteroatoms. The summed E-state index contributed by atoms with van der Waals surface area (Å²) in [6.45, 7) is -0.101. The van der Waals surface area contributed by atoms with Crippen molar-refractivity contribution in [3.05, 3.63) is 56.9 Å². The van der Waals surface area contributed by atoms with Crippen molar-refractivity contribution in [1.29, 1.82) is 0 Å². The molecule has 2 aromatic carbocycles. The number of amides is 1. The lowest BCUT2D eigenvalue weighted by molar-refractivity contribution is -0.385. The molecule has 10 nitrogen and oxygen atoms in total. The minimum atomic E-state index is -0.789. The van der Waals surface area contributed by atoms with Gasteiger partial charge < -0.3 is 18.8 Å². The maximum atomic E-state index is 12.7. The first kappa shape index (κ1) is 18.6. The van der Waals surface area contributed by atoms with Crippen LogP contribution >= 0.6 is 11.3 Å². The zero-order valence-electron chi connectivity index (χ0n) is 15.0. The Kier molecular flexibility index (Phi) is 4.72. The van der Waals surface area contributed by atoms with Gasteiger partial charge in [0, 0.05) is 18.2 Å². The van der Waals surface area contributed by atoms with Crippen molar-refractivity contribution in [3.8, 4) is 11.5 Å². The fourth-order valence-corrected chi connectivity index (χ4v) is 3.89. The molecule has 0 N–H and O–H groups in total. The highest BCUT2D eigenvalue weighted by Crippen LogP contribution is 2.37. The zero-order valence-corrected chi connectivity index (χ0v) is 15.8. The monoisotopic (exact) mass is 415 g/mol. The van der Waals surface area contributed by atoms with E-state index in [-0.39, 0.29) is 29.4 Å². The van der Waals surface area contributed by atoms with E-state index in [1.165, 1.54) is 35.9 Å². The minimum absolute atomic E-state index is 0.0942. The number of aromatic nitrogens is 1. The number of nitrogens with zero attached hydrogens (tertiary/aromatic N) is 3. The molecule has 3 aromatic rings. The van der Waals surface area contributed by atoms with Crippen LogP contribution < -0.4 is 14.3 Å². The minimum Gasteiger partial charge on any atom is -0.468 e. The van der Waals surface area contributed by atoms with Crippen LogP contribution in [0.25, 0.3) is 10.2 Å². The number of methoxy groups -OCH3 is 1. The summed E-state index contributed by atoms with van der Waals surface area (Å²) in [6, 6.07) is 8.96. The smallest absolute Gasteiger partial charge is 0.325 e. The third-order valence-corrected chi connectivity index (χ3v) is 5.26. The van der Waals surface area contributed by atoms with Crippen LogP contribution in [0.5, 0.6) is 11.5 Å². The molecular weight excluding hydrogens is 402 g/mol. The van der Waals surface area contributed by atoms with Gasteiger partial charge in [-0.15, -0.1) is 0 Å². The molecule has 148 valence electrons. The summed E-state index contributed by atoms with van der Waals surface area (Å²) < 4.78 is 17.7. The highest BCUT2D eigenvalue weighted by molar-refractivity contribution is 7.16. The quantitative estimate of drug-likeness (QED) is 0.364. The van der Waals surface area contributed by atoms with Crippen LogP contribution in [-0.4, -0.2) is 35.3 Å². The maximum Gasteiger partial charge on any atom is 0.325 e. The number of thiazole rings is 1. The number of esters is 1. The summed E-state index contributed by atoms with van der Waals surface area (Å²) in [7, 11) is 1.25. The van der Waals surface area contributed by atoms with Crippen molar-refractivity contribution >= 4 is 39.1 Å². The molecule has 29 heavy (non-hydrogen) atoms. The second kappa shape index (κ2) is 7.36. The predicted molar refractivity (Wildman–Crippen MR) is 101 cm³/mol. The van der Waals surface area contributed by atoms with Crippen molar-refractivity contribution in [1.82, 2.24) is 4.57 Å². The number of ether oxygens (including phenoxy) is 3. The molecule has 0 atom stereocenters. The van der Waals surface area contributed by atoms with Crippen molar-refractivity contribution in [2.75, 3.05) is 13.9 Å². The van der Waals surface area contributed by atoms with Crippen LogP contribution in [0, 0.1) is 10.1 Å². The normalized spacial score (nSPS) is 12.9. The van der Waals surface area contributed by atoms with Crippen LogP contribution in [0.1, 0.15) is 10.4 Å². The van der Waals surface area contributed by atoms with Gasteiger partial charge in [0.25, 0.3) is 11.6 Å². The Balaban J connectivity index is 1.88. The molecule has 1 aromatic heterocycles. The number of hydrogen-bond donors (Lipinski definition) is 0. The molecule has 0 radical (unpaired) electrons. The molecule has 1 aliphatic rings. The van der Waals surface area contributed by atoms with Crippen LogP contribution in [0.3, 0.4) is 0 Å². The summed E-state index contributed by atoms with van der Waals surface area (Å²) in [4.78, 5) is 39.4. The summed E-state index contributed by atoms with van der Waals surface area (Å²) in [5.74, 6) is -0.282. The SMILES string of the molecule is COC(=O)Cn1c(=NC(=O)c2ccccc2[N+](=O)[O-])sc2cc3c(cc21)OCO3. The number of nitro groups is 1. The number of carbonyl (C=O) groups excluding carboxylic acids is 2. The molecule has 0 fully saturated rings. The highest BCUT2D eigenvalue weighted by Gasteiger charge is 2.21. The Morgan fingerprint density at radius 2 is 2.00 bits per heavy atom. The lowest BCUT2D eigenvalue weighted by Crippen LogP contribution is -2.22. The van der Waals surface area contributed by atoms with Crippen LogP contribution in [0.15, 0.2) is 41.4 Å². The lowest BCUT2D eigenvalue weighted by atomic mass is 10.2. The van der Waals surface area contributed by atoms with Gasteiger partial charge in [-0.05, 0) is 6.07 Å². The van der Waals surface area contributed by atoms with E-state index >= 15 is 0 Å². The van der Waals surface area contributed by atoms with Crippen LogP contribution in [0.4, 0.5) is 5.69 Å². The molecule has 2 heterocycles. The Hall–Kier alpha value is -3.73. The average molecular weight is 415 g/mol. The van der Waals surface area contributed by atoms with E-state index in [4.69, 9.17) is 14.2 Å². The summed E-state index contributed by atoms with van der Waals surface area (Å²) >= 11 is 1.14. The molecule has 0 spiro atoms. The van der Waals surface area contributed by atoms with Gasteiger partial charge in [-0.3, -0.25) is 19.7 Å². The van der Waals surface area contributed by atoms with Gasteiger partial charge in [-0.1, -0.05) is 23.5 Å². The molecule has 0 bridgehead atoms. The number of carbonyl (C=O) groups is 2. The Morgan fingerprint density at radius 1 is 1.28 bits per heavy atom. The van der Waals surface area contributed by atoms with E-state index in [9.17, 15) is 19.7 Å². The first-order valence-electron chi connectivity index (χ1n) is 8.30. The third-order valence-electron chi connectivity index (χ3n) is 4.22. The van der Waals surface area contributed by atoms with Gasteiger partial charge >= 0.3 is 5.97 Å². The Bertz CT molecular complexity index is 1230. The molecule has 0 aliphatic carbocycles.